The molecular weight excluding hydrogens is 304 g/mol. The Kier molecular flexibility index (Phi) is 5.00. The molecule has 3 heteroatoms. The largest absolute Gasteiger partial charge is 0.457 e. The Morgan fingerprint density at radius 1 is 1.11 bits per heavy atom. The van der Waals surface area contributed by atoms with Crippen LogP contribution in [0.3, 0.4) is 0 Å². The van der Waals surface area contributed by atoms with E-state index in [1.807, 2.05) is 49.4 Å². The normalized spacial score (nSPS) is 10.5. The molecule has 0 spiro atoms. The summed E-state index contributed by atoms with van der Waals surface area (Å²) >= 11 is 3.50. The summed E-state index contributed by atoms with van der Waals surface area (Å²) in [5.41, 5.74) is 2.30. The predicted octanol–water partition coefficient (Wildman–Crippen LogP) is 4.47. The SMILES string of the molecule is Cc1c(Br)cccc1Oc1ccc(CCCO)cc1. The molecule has 0 fully saturated rings. The van der Waals surface area contributed by atoms with E-state index in [2.05, 4.69) is 15.9 Å². The number of hydrogen-bond donors (Lipinski definition) is 1. The summed E-state index contributed by atoms with van der Waals surface area (Å²) in [6.45, 7) is 2.25. The minimum absolute atomic E-state index is 0.232. The zero-order valence-electron chi connectivity index (χ0n) is 10.9. The van der Waals surface area contributed by atoms with Gasteiger partial charge in [0.1, 0.15) is 11.5 Å². The Bertz CT molecular complexity index is 535. The van der Waals surface area contributed by atoms with Crippen LogP contribution in [0.25, 0.3) is 0 Å². The molecular formula is C16H17BrO2. The zero-order chi connectivity index (χ0) is 13.7. The van der Waals surface area contributed by atoms with Gasteiger partial charge >= 0.3 is 0 Å². The van der Waals surface area contributed by atoms with Crippen molar-refractivity contribution in [3.63, 3.8) is 0 Å². The van der Waals surface area contributed by atoms with E-state index < -0.39 is 0 Å². The van der Waals surface area contributed by atoms with Crippen LogP contribution >= 0.6 is 15.9 Å². The maximum absolute atomic E-state index is 8.80. The van der Waals surface area contributed by atoms with Crippen molar-refractivity contribution in [1.82, 2.24) is 0 Å². The molecule has 0 aliphatic carbocycles. The fourth-order valence-corrected chi connectivity index (χ4v) is 2.18. The second-order valence-electron chi connectivity index (χ2n) is 4.44. The molecule has 0 bridgehead atoms. The van der Waals surface area contributed by atoms with Crippen LogP contribution in [-0.2, 0) is 6.42 Å². The summed E-state index contributed by atoms with van der Waals surface area (Å²) in [6, 6.07) is 13.9. The van der Waals surface area contributed by atoms with Crippen molar-refractivity contribution in [1.29, 1.82) is 0 Å². The number of benzene rings is 2. The van der Waals surface area contributed by atoms with E-state index in [0.29, 0.717) is 0 Å². The minimum atomic E-state index is 0.232. The molecule has 0 amide bonds. The fraction of sp³-hybridized carbons (Fsp3) is 0.250. The maximum Gasteiger partial charge on any atom is 0.131 e. The number of hydrogen-bond acceptors (Lipinski definition) is 2. The molecule has 0 saturated carbocycles. The van der Waals surface area contributed by atoms with Crippen molar-refractivity contribution in [3.8, 4) is 11.5 Å². The average Bonchev–Trinajstić information content (AvgIpc) is 2.43. The molecule has 0 heterocycles. The first kappa shape index (κ1) is 14.1. The number of ether oxygens (including phenoxy) is 1. The van der Waals surface area contributed by atoms with Gasteiger partial charge in [-0.15, -0.1) is 0 Å². The third kappa shape index (κ3) is 3.82. The first-order chi connectivity index (χ1) is 9.20. The monoisotopic (exact) mass is 320 g/mol. The molecule has 0 aliphatic heterocycles. The van der Waals surface area contributed by atoms with Gasteiger partial charge in [-0.1, -0.05) is 34.1 Å². The van der Waals surface area contributed by atoms with Gasteiger partial charge < -0.3 is 9.84 Å². The molecule has 0 aliphatic rings. The highest BCUT2D eigenvalue weighted by molar-refractivity contribution is 9.10. The first-order valence-corrected chi connectivity index (χ1v) is 7.13. The molecule has 0 atom stereocenters. The van der Waals surface area contributed by atoms with E-state index >= 15 is 0 Å². The molecule has 1 N–H and O–H groups in total. The summed E-state index contributed by atoms with van der Waals surface area (Å²) in [5.74, 6) is 1.69. The predicted molar refractivity (Wildman–Crippen MR) is 80.8 cm³/mol. The van der Waals surface area contributed by atoms with Crippen molar-refractivity contribution in [2.75, 3.05) is 6.61 Å². The Hall–Kier alpha value is -1.32. The molecule has 2 nitrogen and oxygen atoms in total. The third-order valence-electron chi connectivity index (χ3n) is 2.99. The average molecular weight is 321 g/mol. The highest BCUT2D eigenvalue weighted by Gasteiger charge is 2.04. The van der Waals surface area contributed by atoms with Crippen LogP contribution in [-0.4, -0.2) is 11.7 Å². The van der Waals surface area contributed by atoms with Crippen molar-refractivity contribution in [3.05, 3.63) is 58.1 Å². The lowest BCUT2D eigenvalue weighted by molar-refractivity contribution is 0.288. The molecule has 0 unspecified atom stereocenters. The number of rotatable bonds is 5. The standard InChI is InChI=1S/C16H17BrO2/c1-12-15(17)5-2-6-16(12)19-14-9-7-13(8-10-14)4-3-11-18/h2,5-10,18H,3-4,11H2,1H3. The van der Waals surface area contributed by atoms with Crippen molar-refractivity contribution >= 4 is 15.9 Å². The number of halogens is 1. The van der Waals surface area contributed by atoms with E-state index in [1.54, 1.807) is 0 Å². The third-order valence-corrected chi connectivity index (χ3v) is 3.85. The molecule has 19 heavy (non-hydrogen) atoms. The highest BCUT2D eigenvalue weighted by atomic mass is 79.9. The van der Waals surface area contributed by atoms with Gasteiger partial charge in [0.2, 0.25) is 0 Å². The van der Waals surface area contributed by atoms with Crippen molar-refractivity contribution in [2.24, 2.45) is 0 Å². The number of aliphatic hydroxyl groups excluding tert-OH is 1. The summed E-state index contributed by atoms with van der Waals surface area (Å²) in [5, 5.41) is 8.80. The van der Waals surface area contributed by atoms with E-state index in [9.17, 15) is 0 Å². The summed E-state index contributed by atoms with van der Waals surface area (Å²) in [6.07, 6.45) is 1.69. The number of aliphatic hydroxyl groups is 1. The van der Waals surface area contributed by atoms with Crippen LogP contribution in [0.5, 0.6) is 11.5 Å². The van der Waals surface area contributed by atoms with Crippen LogP contribution in [0, 0.1) is 6.92 Å². The van der Waals surface area contributed by atoms with Gasteiger partial charge in [0, 0.05) is 16.6 Å². The van der Waals surface area contributed by atoms with E-state index in [1.165, 1.54) is 5.56 Å². The van der Waals surface area contributed by atoms with Gasteiger partial charge in [-0.2, -0.15) is 0 Å². The van der Waals surface area contributed by atoms with Crippen molar-refractivity contribution < 1.29 is 9.84 Å². The topological polar surface area (TPSA) is 29.5 Å². The first-order valence-electron chi connectivity index (χ1n) is 6.33. The Morgan fingerprint density at radius 3 is 2.53 bits per heavy atom. The van der Waals surface area contributed by atoms with Gasteiger partial charge in [-0.3, -0.25) is 0 Å². The van der Waals surface area contributed by atoms with Gasteiger partial charge in [0.15, 0.2) is 0 Å². The Balaban J connectivity index is 2.09. The van der Waals surface area contributed by atoms with Crippen LogP contribution in [0.2, 0.25) is 0 Å². The van der Waals surface area contributed by atoms with E-state index in [0.717, 1.165) is 34.4 Å². The smallest absolute Gasteiger partial charge is 0.131 e. The van der Waals surface area contributed by atoms with Crippen LogP contribution in [0.1, 0.15) is 17.5 Å². The molecule has 0 aromatic heterocycles. The molecule has 100 valence electrons. The van der Waals surface area contributed by atoms with Gasteiger partial charge in [-0.25, -0.2) is 0 Å². The van der Waals surface area contributed by atoms with E-state index in [4.69, 9.17) is 9.84 Å². The Labute approximate surface area is 122 Å². The van der Waals surface area contributed by atoms with Crippen LogP contribution in [0.15, 0.2) is 46.9 Å². The van der Waals surface area contributed by atoms with Gasteiger partial charge in [-0.05, 0) is 49.6 Å². The summed E-state index contributed by atoms with van der Waals surface area (Å²) in [4.78, 5) is 0. The van der Waals surface area contributed by atoms with Gasteiger partial charge in [0.05, 0.1) is 0 Å². The minimum Gasteiger partial charge on any atom is -0.457 e. The molecule has 2 aromatic rings. The lowest BCUT2D eigenvalue weighted by atomic mass is 10.1. The quantitative estimate of drug-likeness (QED) is 0.880. The lowest BCUT2D eigenvalue weighted by Gasteiger charge is -2.10. The Morgan fingerprint density at radius 2 is 1.84 bits per heavy atom. The lowest BCUT2D eigenvalue weighted by Crippen LogP contribution is -1.91. The fourth-order valence-electron chi connectivity index (χ4n) is 1.83. The highest BCUT2D eigenvalue weighted by Crippen LogP contribution is 2.29. The van der Waals surface area contributed by atoms with Gasteiger partial charge in [0.25, 0.3) is 0 Å². The van der Waals surface area contributed by atoms with Crippen LogP contribution in [0.4, 0.5) is 0 Å². The summed E-state index contributed by atoms with van der Waals surface area (Å²) < 4.78 is 6.92. The molecule has 0 radical (unpaired) electrons. The molecule has 0 saturated heterocycles. The summed E-state index contributed by atoms with van der Waals surface area (Å²) in [7, 11) is 0. The van der Waals surface area contributed by atoms with Crippen molar-refractivity contribution in [2.45, 2.75) is 19.8 Å². The molecule has 2 rings (SSSR count). The second kappa shape index (κ2) is 6.73. The number of aryl methyl sites for hydroxylation is 1. The molecule has 2 aromatic carbocycles. The van der Waals surface area contributed by atoms with E-state index in [-0.39, 0.29) is 6.61 Å². The zero-order valence-corrected chi connectivity index (χ0v) is 12.5. The second-order valence-corrected chi connectivity index (χ2v) is 5.29. The maximum atomic E-state index is 8.80. The van der Waals surface area contributed by atoms with Crippen LogP contribution < -0.4 is 4.74 Å².